The minimum Gasteiger partial charge on any atom is -0.379 e. The van der Waals surface area contributed by atoms with E-state index in [2.05, 4.69) is 19.2 Å². The molecule has 0 radical (unpaired) electrons. The van der Waals surface area contributed by atoms with Crippen LogP contribution in [0.2, 0.25) is 0 Å². The molecule has 0 aromatic rings. The van der Waals surface area contributed by atoms with E-state index < -0.39 is 0 Å². The van der Waals surface area contributed by atoms with E-state index in [0.29, 0.717) is 6.04 Å². The Morgan fingerprint density at radius 1 is 1.50 bits per heavy atom. The number of morpholine rings is 1. The number of rotatable bonds is 4. The predicted octanol–water partition coefficient (Wildman–Crippen LogP) is 2.45. The SMILES string of the molecule is COC(C)(C)CCC1NCCOC12CCCSC2. The fourth-order valence-electron chi connectivity index (χ4n) is 2.91. The Labute approximate surface area is 115 Å². The topological polar surface area (TPSA) is 30.5 Å². The van der Waals surface area contributed by atoms with Crippen LogP contribution in [-0.2, 0) is 9.47 Å². The fourth-order valence-corrected chi connectivity index (χ4v) is 4.18. The molecule has 0 bridgehead atoms. The molecule has 0 saturated carbocycles. The van der Waals surface area contributed by atoms with Gasteiger partial charge in [0.2, 0.25) is 0 Å². The van der Waals surface area contributed by atoms with Gasteiger partial charge in [-0.15, -0.1) is 0 Å². The van der Waals surface area contributed by atoms with Crippen LogP contribution in [0.4, 0.5) is 0 Å². The summed E-state index contributed by atoms with van der Waals surface area (Å²) < 4.78 is 11.7. The lowest BCUT2D eigenvalue weighted by Gasteiger charge is -2.47. The summed E-state index contributed by atoms with van der Waals surface area (Å²) in [5.74, 6) is 2.44. The Kier molecular flexibility index (Phi) is 4.98. The highest BCUT2D eigenvalue weighted by Gasteiger charge is 2.43. The number of ether oxygens (including phenoxy) is 2. The lowest BCUT2D eigenvalue weighted by molar-refractivity contribution is -0.0943. The number of hydrogen-bond donors (Lipinski definition) is 1. The highest BCUT2D eigenvalue weighted by molar-refractivity contribution is 7.99. The van der Waals surface area contributed by atoms with E-state index in [1.165, 1.54) is 18.6 Å². The van der Waals surface area contributed by atoms with Crippen molar-refractivity contribution >= 4 is 11.8 Å². The van der Waals surface area contributed by atoms with Crippen molar-refractivity contribution in [2.75, 3.05) is 31.8 Å². The monoisotopic (exact) mass is 273 g/mol. The van der Waals surface area contributed by atoms with Gasteiger partial charge in [0.25, 0.3) is 0 Å². The van der Waals surface area contributed by atoms with Gasteiger partial charge in [0.1, 0.15) is 0 Å². The Balaban J connectivity index is 1.95. The van der Waals surface area contributed by atoms with Crippen molar-refractivity contribution in [3.63, 3.8) is 0 Å². The first-order valence-corrected chi connectivity index (χ1v) is 8.24. The van der Waals surface area contributed by atoms with Crippen LogP contribution in [0, 0.1) is 0 Å². The summed E-state index contributed by atoms with van der Waals surface area (Å²) in [7, 11) is 1.80. The van der Waals surface area contributed by atoms with Gasteiger partial charge in [-0.05, 0) is 45.3 Å². The number of hydrogen-bond acceptors (Lipinski definition) is 4. The third-order valence-electron chi connectivity index (χ3n) is 4.34. The van der Waals surface area contributed by atoms with Gasteiger partial charge in [-0.1, -0.05) is 0 Å². The maximum Gasteiger partial charge on any atom is 0.0925 e. The molecule has 106 valence electrons. The van der Waals surface area contributed by atoms with E-state index in [0.717, 1.165) is 31.7 Å². The zero-order valence-corrected chi connectivity index (χ0v) is 12.8. The Morgan fingerprint density at radius 3 is 3.00 bits per heavy atom. The Morgan fingerprint density at radius 2 is 2.33 bits per heavy atom. The summed E-state index contributed by atoms with van der Waals surface area (Å²) >= 11 is 2.05. The van der Waals surface area contributed by atoms with Crippen LogP contribution in [0.1, 0.15) is 39.5 Å². The van der Waals surface area contributed by atoms with Crippen molar-refractivity contribution in [2.45, 2.75) is 56.8 Å². The number of methoxy groups -OCH3 is 1. The van der Waals surface area contributed by atoms with Gasteiger partial charge in [0.05, 0.1) is 17.8 Å². The first-order chi connectivity index (χ1) is 8.58. The smallest absolute Gasteiger partial charge is 0.0925 e. The van der Waals surface area contributed by atoms with Gasteiger partial charge >= 0.3 is 0 Å². The maximum absolute atomic E-state index is 6.19. The van der Waals surface area contributed by atoms with Crippen LogP contribution in [-0.4, -0.2) is 49.0 Å². The van der Waals surface area contributed by atoms with E-state index in [-0.39, 0.29) is 11.2 Å². The van der Waals surface area contributed by atoms with E-state index in [1.807, 2.05) is 11.8 Å². The molecule has 2 unspecified atom stereocenters. The average molecular weight is 273 g/mol. The Hall–Kier alpha value is 0.230. The third kappa shape index (κ3) is 3.41. The first kappa shape index (κ1) is 14.6. The summed E-state index contributed by atoms with van der Waals surface area (Å²) in [5.41, 5.74) is 0.0626. The first-order valence-electron chi connectivity index (χ1n) is 7.08. The maximum atomic E-state index is 6.19. The predicted molar refractivity (Wildman–Crippen MR) is 77.4 cm³/mol. The van der Waals surface area contributed by atoms with Gasteiger partial charge in [0.15, 0.2) is 0 Å². The molecule has 2 rings (SSSR count). The van der Waals surface area contributed by atoms with Crippen LogP contribution in [0.5, 0.6) is 0 Å². The average Bonchev–Trinajstić information content (AvgIpc) is 2.39. The molecule has 2 aliphatic rings. The van der Waals surface area contributed by atoms with E-state index in [1.54, 1.807) is 7.11 Å². The van der Waals surface area contributed by atoms with Gasteiger partial charge in [-0.25, -0.2) is 0 Å². The van der Waals surface area contributed by atoms with Crippen molar-refractivity contribution in [2.24, 2.45) is 0 Å². The highest BCUT2D eigenvalue weighted by Crippen LogP contribution is 2.36. The largest absolute Gasteiger partial charge is 0.379 e. The molecule has 0 aliphatic carbocycles. The van der Waals surface area contributed by atoms with Crippen LogP contribution in [0.25, 0.3) is 0 Å². The lowest BCUT2D eigenvalue weighted by atomic mass is 9.84. The molecule has 1 N–H and O–H groups in total. The minimum absolute atomic E-state index is 0.0257. The van der Waals surface area contributed by atoms with Crippen LogP contribution in [0.15, 0.2) is 0 Å². The zero-order valence-electron chi connectivity index (χ0n) is 12.0. The fraction of sp³-hybridized carbons (Fsp3) is 1.00. The normalized spacial score (nSPS) is 33.8. The Bertz CT molecular complexity index is 256. The van der Waals surface area contributed by atoms with Crippen LogP contribution in [0.3, 0.4) is 0 Å². The summed E-state index contributed by atoms with van der Waals surface area (Å²) in [6.07, 6.45) is 4.72. The highest BCUT2D eigenvalue weighted by atomic mass is 32.2. The molecule has 3 nitrogen and oxygen atoms in total. The summed E-state index contributed by atoms with van der Waals surface area (Å²) in [4.78, 5) is 0. The van der Waals surface area contributed by atoms with Crippen molar-refractivity contribution in [1.29, 1.82) is 0 Å². The molecule has 2 fully saturated rings. The van der Waals surface area contributed by atoms with Crippen molar-refractivity contribution in [3.8, 4) is 0 Å². The second-order valence-corrected chi connectivity index (χ2v) is 7.18. The molecule has 1 spiro atoms. The number of thioether (sulfide) groups is 1. The standard InChI is InChI=1S/C14H27NO2S/c1-13(2,16-3)7-5-12-14(17-9-8-15-12)6-4-10-18-11-14/h12,15H,4-11H2,1-3H3. The summed E-state index contributed by atoms with van der Waals surface area (Å²) in [6.45, 7) is 6.19. The van der Waals surface area contributed by atoms with Gasteiger partial charge < -0.3 is 14.8 Å². The molecule has 2 heterocycles. The van der Waals surface area contributed by atoms with E-state index in [4.69, 9.17) is 9.47 Å². The molecular weight excluding hydrogens is 246 g/mol. The molecule has 4 heteroatoms. The minimum atomic E-state index is -0.0257. The zero-order chi connectivity index (χ0) is 13.1. The molecule has 0 aromatic heterocycles. The summed E-state index contributed by atoms with van der Waals surface area (Å²) in [6, 6.07) is 0.494. The van der Waals surface area contributed by atoms with Crippen molar-refractivity contribution in [1.82, 2.24) is 5.32 Å². The molecule has 2 aliphatic heterocycles. The van der Waals surface area contributed by atoms with Crippen molar-refractivity contribution in [3.05, 3.63) is 0 Å². The summed E-state index contributed by atoms with van der Waals surface area (Å²) in [5, 5.41) is 3.68. The molecule has 0 amide bonds. The quantitative estimate of drug-likeness (QED) is 0.852. The third-order valence-corrected chi connectivity index (χ3v) is 5.61. The van der Waals surface area contributed by atoms with E-state index in [9.17, 15) is 0 Å². The van der Waals surface area contributed by atoms with Crippen molar-refractivity contribution < 1.29 is 9.47 Å². The lowest BCUT2D eigenvalue weighted by Crippen LogP contribution is -2.60. The second-order valence-electron chi connectivity index (χ2n) is 6.08. The van der Waals surface area contributed by atoms with Gasteiger partial charge in [0, 0.05) is 25.4 Å². The van der Waals surface area contributed by atoms with Crippen LogP contribution >= 0.6 is 11.8 Å². The van der Waals surface area contributed by atoms with Crippen LogP contribution < -0.4 is 5.32 Å². The molecular formula is C14H27NO2S. The van der Waals surface area contributed by atoms with E-state index >= 15 is 0 Å². The number of nitrogens with one attached hydrogen (secondary N) is 1. The molecule has 18 heavy (non-hydrogen) atoms. The van der Waals surface area contributed by atoms with Gasteiger partial charge in [-0.2, -0.15) is 11.8 Å². The van der Waals surface area contributed by atoms with Gasteiger partial charge in [-0.3, -0.25) is 0 Å². The molecule has 0 aromatic carbocycles. The second kappa shape index (κ2) is 6.12. The molecule has 2 atom stereocenters. The molecule has 2 saturated heterocycles.